The number of rotatable bonds is 1. The van der Waals surface area contributed by atoms with Crippen LogP contribution in [0.1, 0.15) is 12.8 Å². The van der Waals surface area contributed by atoms with Gasteiger partial charge in [-0.05, 0) is 25.3 Å². The molecule has 2 nitrogen and oxygen atoms in total. The van der Waals surface area contributed by atoms with Crippen LogP contribution < -0.4 is 5.73 Å². The third kappa shape index (κ3) is 2.35. The number of hydrogen-bond donors (Lipinski definition) is 1. The van der Waals surface area contributed by atoms with Gasteiger partial charge >= 0.3 is 6.18 Å². The van der Waals surface area contributed by atoms with Crippen LogP contribution in [0.4, 0.5) is 13.2 Å². The van der Waals surface area contributed by atoms with Crippen LogP contribution in [0.15, 0.2) is 0 Å². The van der Waals surface area contributed by atoms with E-state index in [0.717, 1.165) is 0 Å². The molecule has 0 bridgehead atoms. The molecule has 0 aromatic rings. The summed E-state index contributed by atoms with van der Waals surface area (Å²) < 4.78 is 40.8. The maximum absolute atomic E-state index is 12.1. The Hall–Kier alpha value is -0.290. The zero-order chi connectivity index (χ0) is 9.19. The molecule has 2 unspecified atom stereocenters. The molecular weight excluding hydrogens is 171 g/mol. The molecular formula is C7H12F3NO. The van der Waals surface area contributed by atoms with Gasteiger partial charge in [0.15, 0.2) is 6.10 Å². The highest BCUT2D eigenvalue weighted by Gasteiger charge is 2.43. The van der Waals surface area contributed by atoms with Gasteiger partial charge in [-0.25, -0.2) is 0 Å². The molecule has 5 heteroatoms. The Labute approximate surface area is 68.9 Å². The quantitative estimate of drug-likeness (QED) is 0.665. The van der Waals surface area contributed by atoms with E-state index in [4.69, 9.17) is 5.73 Å². The molecule has 0 aliphatic carbocycles. The molecule has 0 amide bonds. The van der Waals surface area contributed by atoms with Crippen LogP contribution >= 0.6 is 0 Å². The van der Waals surface area contributed by atoms with Crippen molar-refractivity contribution in [3.8, 4) is 0 Å². The SMILES string of the molecule is NCC1CCOC(C(F)(F)F)C1. The van der Waals surface area contributed by atoms with E-state index >= 15 is 0 Å². The van der Waals surface area contributed by atoms with Gasteiger partial charge in [-0.2, -0.15) is 13.2 Å². The maximum Gasteiger partial charge on any atom is 0.414 e. The summed E-state index contributed by atoms with van der Waals surface area (Å²) in [6.45, 7) is 0.488. The first kappa shape index (κ1) is 9.80. The largest absolute Gasteiger partial charge is 0.414 e. The topological polar surface area (TPSA) is 35.2 Å². The fourth-order valence-corrected chi connectivity index (χ4v) is 1.31. The number of ether oxygens (including phenoxy) is 1. The summed E-state index contributed by atoms with van der Waals surface area (Å²) in [6, 6.07) is 0. The average molecular weight is 183 g/mol. The van der Waals surface area contributed by atoms with Gasteiger partial charge in [0.2, 0.25) is 0 Å². The monoisotopic (exact) mass is 183 g/mol. The number of halogens is 3. The van der Waals surface area contributed by atoms with Crippen molar-refractivity contribution >= 4 is 0 Å². The zero-order valence-electron chi connectivity index (χ0n) is 6.60. The molecule has 72 valence electrons. The Morgan fingerprint density at radius 2 is 2.08 bits per heavy atom. The minimum absolute atomic E-state index is 0.0139. The Morgan fingerprint density at radius 1 is 1.42 bits per heavy atom. The van der Waals surface area contributed by atoms with Crippen molar-refractivity contribution in [1.29, 1.82) is 0 Å². The molecule has 1 fully saturated rings. The summed E-state index contributed by atoms with van der Waals surface area (Å²) in [5.41, 5.74) is 5.29. The first-order chi connectivity index (χ1) is 5.54. The molecule has 1 saturated heterocycles. The second-order valence-electron chi connectivity index (χ2n) is 3.03. The number of alkyl halides is 3. The lowest BCUT2D eigenvalue weighted by atomic mass is 9.95. The van der Waals surface area contributed by atoms with Gasteiger partial charge in [-0.1, -0.05) is 0 Å². The smallest absolute Gasteiger partial charge is 0.369 e. The van der Waals surface area contributed by atoms with Crippen molar-refractivity contribution in [2.45, 2.75) is 25.1 Å². The van der Waals surface area contributed by atoms with E-state index in [0.29, 0.717) is 13.0 Å². The van der Waals surface area contributed by atoms with Gasteiger partial charge in [0, 0.05) is 6.61 Å². The van der Waals surface area contributed by atoms with Crippen LogP contribution in [-0.4, -0.2) is 25.4 Å². The second-order valence-corrected chi connectivity index (χ2v) is 3.03. The molecule has 0 radical (unpaired) electrons. The minimum atomic E-state index is -4.23. The van der Waals surface area contributed by atoms with Crippen molar-refractivity contribution in [3.63, 3.8) is 0 Å². The van der Waals surface area contributed by atoms with Crippen LogP contribution in [0.2, 0.25) is 0 Å². The minimum Gasteiger partial charge on any atom is -0.369 e. The van der Waals surface area contributed by atoms with E-state index < -0.39 is 12.3 Å². The van der Waals surface area contributed by atoms with E-state index in [2.05, 4.69) is 4.74 Å². The molecule has 2 atom stereocenters. The average Bonchev–Trinajstić information content (AvgIpc) is 2.03. The van der Waals surface area contributed by atoms with Crippen molar-refractivity contribution in [3.05, 3.63) is 0 Å². The highest BCUT2D eigenvalue weighted by atomic mass is 19.4. The molecule has 1 aliphatic heterocycles. The zero-order valence-corrected chi connectivity index (χ0v) is 6.60. The maximum atomic E-state index is 12.1. The highest BCUT2D eigenvalue weighted by Crippen LogP contribution is 2.31. The van der Waals surface area contributed by atoms with Crippen molar-refractivity contribution in [2.24, 2.45) is 11.7 Å². The molecule has 1 heterocycles. The van der Waals surface area contributed by atoms with Crippen LogP contribution in [0, 0.1) is 5.92 Å². The van der Waals surface area contributed by atoms with E-state index in [9.17, 15) is 13.2 Å². The Bertz CT molecular complexity index is 148. The molecule has 0 aromatic heterocycles. The Morgan fingerprint density at radius 3 is 2.58 bits per heavy atom. The van der Waals surface area contributed by atoms with Crippen molar-refractivity contribution in [1.82, 2.24) is 0 Å². The van der Waals surface area contributed by atoms with Gasteiger partial charge in [0.05, 0.1) is 0 Å². The third-order valence-electron chi connectivity index (χ3n) is 2.09. The van der Waals surface area contributed by atoms with E-state index in [1.54, 1.807) is 0 Å². The second kappa shape index (κ2) is 3.62. The third-order valence-corrected chi connectivity index (χ3v) is 2.09. The lowest BCUT2D eigenvalue weighted by Crippen LogP contribution is -2.39. The first-order valence-electron chi connectivity index (χ1n) is 3.92. The van der Waals surface area contributed by atoms with Crippen LogP contribution in [0.25, 0.3) is 0 Å². The lowest BCUT2D eigenvalue weighted by Gasteiger charge is -2.29. The summed E-state index contributed by atoms with van der Waals surface area (Å²) in [7, 11) is 0. The van der Waals surface area contributed by atoms with E-state index in [1.165, 1.54) is 0 Å². The molecule has 2 N–H and O–H groups in total. The van der Waals surface area contributed by atoms with Gasteiger partial charge < -0.3 is 10.5 Å². The molecule has 1 rings (SSSR count). The summed E-state index contributed by atoms with van der Waals surface area (Å²) in [4.78, 5) is 0. The van der Waals surface area contributed by atoms with Crippen molar-refractivity contribution < 1.29 is 17.9 Å². The van der Waals surface area contributed by atoms with Crippen molar-refractivity contribution in [2.75, 3.05) is 13.2 Å². The van der Waals surface area contributed by atoms with Crippen LogP contribution in [0.5, 0.6) is 0 Å². The van der Waals surface area contributed by atoms with Crippen LogP contribution in [0.3, 0.4) is 0 Å². The lowest BCUT2D eigenvalue weighted by molar-refractivity contribution is -0.235. The molecule has 1 aliphatic rings. The highest BCUT2D eigenvalue weighted by molar-refractivity contribution is 4.77. The number of nitrogens with two attached hydrogens (primary N) is 1. The molecule has 0 spiro atoms. The van der Waals surface area contributed by atoms with Gasteiger partial charge in [0.25, 0.3) is 0 Å². The molecule has 0 saturated carbocycles. The Kier molecular flexibility index (Phi) is 2.95. The predicted molar refractivity (Wildman–Crippen MR) is 37.6 cm³/mol. The fraction of sp³-hybridized carbons (Fsp3) is 1.00. The predicted octanol–water partition coefficient (Wildman–Crippen LogP) is 1.30. The Balaban J connectivity index is 2.46. The molecule has 12 heavy (non-hydrogen) atoms. The first-order valence-corrected chi connectivity index (χ1v) is 3.92. The summed E-state index contributed by atoms with van der Waals surface area (Å²) >= 11 is 0. The molecule has 0 aromatic carbocycles. The standard InChI is InChI=1S/C7H12F3NO/c8-7(9,10)6-3-5(4-11)1-2-12-6/h5-6H,1-4,11H2. The van der Waals surface area contributed by atoms with Gasteiger partial charge in [-0.15, -0.1) is 0 Å². The van der Waals surface area contributed by atoms with E-state index in [-0.39, 0.29) is 18.9 Å². The van der Waals surface area contributed by atoms with Crippen LogP contribution in [-0.2, 0) is 4.74 Å². The van der Waals surface area contributed by atoms with Gasteiger partial charge in [0.1, 0.15) is 0 Å². The van der Waals surface area contributed by atoms with Gasteiger partial charge in [-0.3, -0.25) is 0 Å². The summed E-state index contributed by atoms with van der Waals surface area (Å²) in [6.07, 6.45) is -5.17. The van der Waals surface area contributed by atoms with E-state index in [1.807, 2.05) is 0 Å². The normalized spacial score (nSPS) is 32.0. The fourth-order valence-electron chi connectivity index (χ4n) is 1.31. The number of hydrogen-bond acceptors (Lipinski definition) is 2. The summed E-state index contributed by atoms with van der Waals surface area (Å²) in [5, 5.41) is 0. The summed E-state index contributed by atoms with van der Waals surface area (Å²) in [5.74, 6) is -0.0367.